The minimum Gasteiger partial charge on any atom is -0.339 e. The van der Waals surface area contributed by atoms with Crippen LogP contribution < -0.4 is 0 Å². The quantitative estimate of drug-likeness (QED) is 0.570. The predicted octanol–water partition coefficient (Wildman–Crippen LogP) is 4.44. The predicted molar refractivity (Wildman–Crippen MR) is 120 cm³/mol. The molecule has 0 spiro atoms. The zero-order chi connectivity index (χ0) is 21.1. The van der Waals surface area contributed by atoms with Crippen LogP contribution in [0.1, 0.15) is 37.3 Å². The minimum atomic E-state index is 0.168. The first-order chi connectivity index (χ1) is 14.5. The Morgan fingerprint density at radius 1 is 1.17 bits per heavy atom. The molecule has 1 saturated heterocycles. The van der Waals surface area contributed by atoms with E-state index in [9.17, 15) is 4.79 Å². The largest absolute Gasteiger partial charge is 0.339 e. The number of hydrogen-bond acceptors (Lipinski definition) is 5. The van der Waals surface area contributed by atoms with Crippen LogP contribution in [0.2, 0.25) is 0 Å². The molecule has 1 fully saturated rings. The Morgan fingerprint density at radius 2 is 2.03 bits per heavy atom. The summed E-state index contributed by atoms with van der Waals surface area (Å²) in [5.74, 6) is 1.21. The summed E-state index contributed by atoms with van der Waals surface area (Å²) in [5, 5.41) is 9.58. The summed E-state index contributed by atoms with van der Waals surface area (Å²) in [6.45, 7) is 7.15. The maximum atomic E-state index is 12.9. The van der Waals surface area contributed by atoms with E-state index in [-0.39, 0.29) is 5.91 Å². The third-order valence-corrected chi connectivity index (χ3v) is 6.48. The highest BCUT2D eigenvalue weighted by Crippen LogP contribution is 2.29. The first-order valence-corrected chi connectivity index (χ1v) is 11.4. The molecule has 3 heterocycles. The van der Waals surface area contributed by atoms with Gasteiger partial charge in [0.2, 0.25) is 5.91 Å². The molecule has 30 heavy (non-hydrogen) atoms. The van der Waals surface area contributed by atoms with Gasteiger partial charge in [-0.3, -0.25) is 14.3 Å². The molecule has 3 aromatic rings. The topological polar surface area (TPSA) is 63.9 Å². The van der Waals surface area contributed by atoms with E-state index in [1.807, 2.05) is 27.7 Å². The van der Waals surface area contributed by atoms with Crippen LogP contribution >= 0.6 is 11.8 Å². The van der Waals surface area contributed by atoms with Crippen LogP contribution in [0.3, 0.4) is 0 Å². The minimum absolute atomic E-state index is 0.168. The number of rotatable bonds is 5. The molecule has 1 amide bonds. The van der Waals surface area contributed by atoms with Gasteiger partial charge in [-0.2, -0.15) is 0 Å². The summed E-state index contributed by atoms with van der Waals surface area (Å²) in [6, 6.07) is 12.4. The van der Waals surface area contributed by atoms with Crippen LogP contribution in [0, 0.1) is 13.8 Å². The molecule has 0 aliphatic carbocycles. The van der Waals surface area contributed by atoms with Gasteiger partial charge in [-0.1, -0.05) is 35.5 Å². The number of nitrogens with zero attached hydrogens (tertiary/aromatic N) is 5. The number of amides is 1. The van der Waals surface area contributed by atoms with Crippen molar-refractivity contribution in [3.05, 3.63) is 53.7 Å². The van der Waals surface area contributed by atoms with Gasteiger partial charge in [0.1, 0.15) is 5.69 Å². The van der Waals surface area contributed by atoms with Gasteiger partial charge in [-0.05, 0) is 63.8 Å². The van der Waals surface area contributed by atoms with Crippen molar-refractivity contribution in [3.8, 4) is 17.2 Å². The number of likely N-dealkylation sites (tertiary alicyclic amines) is 1. The summed E-state index contributed by atoms with van der Waals surface area (Å²) < 4.78 is 2.02. The second-order valence-corrected chi connectivity index (χ2v) is 8.81. The highest BCUT2D eigenvalue weighted by molar-refractivity contribution is 7.99. The second kappa shape index (κ2) is 9.00. The van der Waals surface area contributed by atoms with E-state index in [2.05, 4.69) is 54.2 Å². The summed E-state index contributed by atoms with van der Waals surface area (Å²) in [5.41, 5.74) is 4.09. The van der Waals surface area contributed by atoms with Crippen molar-refractivity contribution in [2.45, 2.75) is 51.2 Å². The van der Waals surface area contributed by atoms with E-state index in [1.54, 1.807) is 6.20 Å². The lowest BCUT2D eigenvalue weighted by molar-refractivity contribution is -0.131. The van der Waals surface area contributed by atoms with Crippen LogP contribution in [0.25, 0.3) is 17.2 Å². The van der Waals surface area contributed by atoms with Crippen molar-refractivity contribution in [3.63, 3.8) is 0 Å². The number of benzene rings is 1. The third kappa shape index (κ3) is 4.26. The molecular weight excluding hydrogens is 394 g/mol. The average Bonchev–Trinajstić information content (AvgIpc) is 3.16. The van der Waals surface area contributed by atoms with Crippen molar-refractivity contribution in [2.24, 2.45) is 0 Å². The van der Waals surface area contributed by atoms with Crippen LogP contribution in [0.5, 0.6) is 0 Å². The first-order valence-electron chi connectivity index (χ1n) is 10.4. The lowest BCUT2D eigenvalue weighted by atomic mass is 10.0. The van der Waals surface area contributed by atoms with E-state index in [4.69, 9.17) is 0 Å². The smallest absolute Gasteiger partial charge is 0.233 e. The van der Waals surface area contributed by atoms with E-state index in [0.29, 0.717) is 22.8 Å². The molecule has 0 saturated carbocycles. The maximum absolute atomic E-state index is 12.9. The Morgan fingerprint density at radius 3 is 2.77 bits per heavy atom. The van der Waals surface area contributed by atoms with Crippen LogP contribution in [-0.4, -0.2) is 48.9 Å². The molecule has 0 bridgehead atoms. The normalized spacial score (nSPS) is 16.6. The van der Waals surface area contributed by atoms with E-state index < -0.39 is 0 Å². The van der Waals surface area contributed by atoms with Gasteiger partial charge in [0, 0.05) is 18.8 Å². The third-order valence-electron chi connectivity index (χ3n) is 5.57. The average molecular weight is 422 g/mol. The molecule has 156 valence electrons. The monoisotopic (exact) mass is 421 g/mol. The molecule has 4 rings (SSSR count). The maximum Gasteiger partial charge on any atom is 0.233 e. The molecule has 1 aliphatic rings. The number of thioether (sulfide) groups is 1. The fourth-order valence-corrected chi connectivity index (χ4v) is 4.81. The highest BCUT2D eigenvalue weighted by Gasteiger charge is 2.25. The van der Waals surface area contributed by atoms with Gasteiger partial charge in [0.05, 0.1) is 11.4 Å². The van der Waals surface area contributed by atoms with Crippen molar-refractivity contribution in [1.29, 1.82) is 0 Å². The molecule has 2 aromatic heterocycles. The van der Waals surface area contributed by atoms with E-state index in [0.717, 1.165) is 36.3 Å². The van der Waals surface area contributed by atoms with Gasteiger partial charge >= 0.3 is 0 Å². The number of carbonyl (C=O) groups is 1. The number of aromatic nitrogens is 4. The number of aryl methyl sites for hydroxylation is 2. The van der Waals surface area contributed by atoms with Crippen molar-refractivity contribution < 1.29 is 4.79 Å². The van der Waals surface area contributed by atoms with Crippen molar-refractivity contribution in [1.82, 2.24) is 24.6 Å². The molecule has 1 unspecified atom stereocenters. The Hall–Kier alpha value is -2.67. The zero-order valence-corrected chi connectivity index (χ0v) is 18.5. The standard InChI is InChI=1S/C23H27N5OS/c1-16-10-11-20(17(2)14-16)28-22(19-9-4-6-12-24-19)25-26-23(28)30-15-21(29)27-13-7-5-8-18(27)3/h4,6,9-12,14,18H,5,7-8,13,15H2,1-3H3. The number of carbonyl (C=O) groups excluding carboxylic acids is 1. The van der Waals surface area contributed by atoms with Gasteiger partial charge in [0.15, 0.2) is 11.0 Å². The lowest BCUT2D eigenvalue weighted by Gasteiger charge is -2.33. The first kappa shape index (κ1) is 20.6. The summed E-state index contributed by atoms with van der Waals surface area (Å²) in [4.78, 5) is 19.3. The van der Waals surface area contributed by atoms with Gasteiger partial charge in [-0.15, -0.1) is 10.2 Å². The molecule has 1 aliphatic heterocycles. The van der Waals surface area contributed by atoms with Gasteiger partial charge < -0.3 is 4.90 Å². The Bertz CT molecular complexity index is 1030. The molecule has 6 nitrogen and oxygen atoms in total. The highest BCUT2D eigenvalue weighted by atomic mass is 32.2. The Labute approximate surface area is 181 Å². The molecule has 1 atom stereocenters. The number of hydrogen-bond donors (Lipinski definition) is 0. The molecule has 0 N–H and O–H groups in total. The zero-order valence-electron chi connectivity index (χ0n) is 17.7. The van der Waals surface area contributed by atoms with Crippen LogP contribution in [0.15, 0.2) is 47.8 Å². The second-order valence-electron chi connectivity index (χ2n) is 7.87. The van der Waals surface area contributed by atoms with Gasteiger partial charge in [0.25, 0.3) is 0 Å². The Kier molecular flexibility index (Phi) is 6.18. The molecule has 7 heteroatoms. The number of piperidine rings is 1. The van der Waals surface area contributed by atoms with Crippen molar-refractivity contribution in [2.75, 3.05) is 12.3 Å². The fraction of sp³-hybridized carbons (Fsp3) is 0.391. The summed E-state index contributed by atoms with van der Waals surface area (Å²) in [7, 11) is 0. The molecular formula is C23H27N5OS. The molecule has 1 aromatic carbocycles. The summed E-state index contributed by atoms with van der Waals surface area (Å²) >= 11 is 1.44. The number of pyridine rings is 1. The summed E-state index contributed by atoms with van der Waals surface area (Å²) in [6.07, 6.45) is 5.12. The Balaban J connectivity index is 1.66. The fourth-order valence-electron chi connectivity index (χ4n) is 3.98. The van der Waals surface area contributed by atoms with Gasteiger partial charge in [-0.25, -0.2) is 0 Å². The van der Waals surface area contributed by atoms with Crippen molar-refractivity contribution >= 4 is 17.7 Å². The SMILES string of the molecule is Cc1ccc(-n2c(SCC(=O)N3CCCCC3C)nnc2-c2ccccn2)c(C)c1. The molecule has 0 radical (unpaired) electrons. The lowest BCUT2D eigenvalue weighted by Crippen LogP contribution is -2.42. The van der Waals surface area contributed by atoms with E-state index in [1.165, 1.54) is 23.7 Å². The van der Waals surface area contributed by atoms with Crippen LogP contribution in [-0.2, 0) is 4.79 Å². The van der Waals surface area contributed by atoms with Crippen LogP contribution in [0.4, 0.5) is 0 Å². The van der Waals surface area contributed by atoms with E-state index >= 15 is 0 Å².